The maximum absolute atomic E-state index is 13.1. The third-order valence-corrected chi connectivity index (χ3v) is 3.71. The summed E-state index contributed by atoms with van der Waals surface area (Å²) in [5, 5.41) is 11.4. The Morgan fingerprint density at radius 3 is 2.55 bits per heavy atom. The minimum atomic E-state index is -0.167. The zero-order valence-corrected chi connectivity index (χ0v) is 12.3. The van der Waals surface area contributed by atoms with E-state index in [1.54, 1.807) is 26.0 Å². The van der Waals surface area contributed by atoms with Gasteiger partial charge in [0.15, 0.2) is 0 Å². The second-order valence-corrected chi connectivity index (χ2v) is 5.88. The van der Waals surface area contributed by atoms with Crippen LogP contribution in [-0.4, -0.2) is 29.9 Å². The molecule has 3 rings (SSSR count). The largest absolute Gasteiger partial charge is 0.487 e. The number of nitrogens with one attached hydrogen (secondary N) is 1. The first-order valence-electron chi connectivity index (χ1n) is 7.37. The Morgan fingerprint density at radius 2 is 1.90 bits per heavy atom. The highest BCUT2D eigenvalue weighted by atomic mass is 19.1. The number of benzene rings is 1. The molecular weight excluding hydrogens is 257 g/mol. The van der Waals surface area contributed by atoms with Gasteiger partial charge in [0.05, 0.1) is 0 Å². The highest BCUT2D eigenvalue weighted by Gasteiger charge is 2.37. The average Bonchev–Trinajstić information content (AvgIpc) is 2.40. The maximum Gasteiger partial charge on any atom is 0.123 e. The van der Waals surface area contributed by atoms with Crippen molar-refractivity contribution in [3.8, 4) is 5.75 Å². The molecule has 3 nitrogen and oxygen atoms in total. The van der Waals surface area contributed by atoms with Crippen LogP contribution >= 0.6 is 0 Å². The van der Waals surface area contributed by atoms with E-state index in [1.165, 1.54) is 6.07 Å². The van der Waals surface area contributed by atoms with E-state index in [9.17, 15) is 4.39 Å². The first-order valence-corrected chi connectivity index (χ1v) is 7.37. The molecule has 0 saturated carbocycles. The molecule has 112 valence electrons. The number of aryl methyl sites for hydroxylation is 1. The lowest BCUT2D eigenvalue weighted by atomic mass is 9.84. The van der Waals surface area contributed by atoms with E-state index in [0.717, 1.165) is 50.1 Å². The molecule has 2 N–H and O–H groups in total. The van der Waals surface area contributed by atoms with Gasteiger partial charge in [-0.15, -0.1) is 0 Å². The van der Waals surface area contributed by atoms with Gasteiger partial charge >= 0.3 is 0 Å². The topological polar surface area (TPSA) is 41.5 Å². The normalized spacial score (nSPS) is 19.9. The lowest BCUT2D eigenvalue weighted by molar-refractivity contribution is 0.0168. The molecule has 0 atom stereocenters. The number of aliphatic hydroxyl groups excluding tert-OH is 1. The second-order valence-electron chi connectivity index (χ2n) is 5.88. The van der Waals surface area contributed by atoms with Crippen molar-refractivity contribution in [2.45, 2.75) is 51.2 Å². The van der Waals surface area contributed by atoms with Crippen LogP contribution in [0.5, 0.6) is 5.75 Å². The molecule has 0 amide bonds. The highest BCUT2D eigenvalue weighted by Crippen LogP contribution is 2.38. The molecule has 0 unspecified atom stereocenters. The summed E-state index contributed by atoms with van der Waals surface area (Å²) in [5.74, 6) is 0.721. The highest BCUT2D eigenvalue weighted by molar-refractivity contribution is 5.36. The zero-order chi connectivity index (χ0) is 14.6. The number of piperidine rings is 1. The van der Waals surface area contributed by atoms with E-state index in [1.807, 2.05) is 0 Å². The fourth-order valence-electron chi connectivity index (χ4n) is 2.72. The van der Waals surface area contributed by atoms with Gasteiger partial charge in [-0.1, -0.05) is 0 Å². The quantitative estimate of drug-likeness (QED) is 0.768. The Morgan fingerprint density at radius 1 is 1.25 bits per heavy atom. The summed E-state index contributed by atoms with van der Waals surface area (Å²) in [4.78, 5) is 0. The minimum Gasteiger partial charge on any atom is -0.487 e. The van der Waals surface area contributed by atoms with E-state index < -0.39 is 0 Å². The molecule has 0 bridgehead atoms. The smallest absolute Gasteiger partial charge is 0.123 e. The van der Waals surface area contributed by atoms with Gasteiger partial charge in [0.1, 0.15) is 17.2 Å². The van der Waals surface area contributed by atoms with Gasteiger partial charge in [-0.2, -0.15) is 0 Å². The molecular formula is C16H24FNO2. The van der Waals surface area contributed by atoms with E-state index in [2.05, 4.69) is 5.32 Å². The van der Waals surface area contributed by atoms with Crippen molar-refractivity contribution in [3.63, 3.8) is 0 Å². The Balaban J connectivity index is 0.000000328. The predicted octanol–water partition coefficient (Wildman–Crippen LogP) is 2.66. The van der Waals surface area contributed by atoms with Crippen LogP contribution in [0.1, 0.15) is 38.7 Å². The Hall–Kier alpha value is -1.13. The van der Waals surface area contributed by atoms with Gasteiger partial charge in [0, 0.05) is 6.10 Å². The van der Waals surface area contributed by atoms with Gasteiger partial charge < -0.3 is 15.2 Å². The minimum absolute atomic E-state index is 0.01000. The summed E-state index contributed by atoms with van der Waals surface area (Å²) >= 11 is 0. The van der Waals surface area contributed by atoms with Gasteiger partial charge in [0.25, 0.3) is 0 Å². The van der Waals surface area contributed by atoms with Crippen LogP contribution in [0.3, 0.4) is 0 Å². The first kappa shape index (κ1) is 15.3. The molecule has 2 aliphatic heterocycles. The van der Waals surface area contributed by atoms with Crippen molar-refractivity contribution < 1.29 is 14.2 Å². The van der Waals surface area contributed by atoms with Crippen LogP contribution < -0.4 is 10.1 Å². The summed E-state index contributed by atoms with van der Waals surface area (Å²) < 4.78 is 19.2. The fraction of sp³-hybridized carbons (Fsp3) is 0.625. The van der Waals surface area contributed by atoms with Crippen molar-refractivity contribution >= 4 is 0 Å². The molecule has 1 aromatic carbocycles. The summed E-state index contributed by atoms with van der Waals surface area (Å²) in [7, 11) is 0. The number of hydrogen-bond donors (Lipinski definition) is 2. The molecule has 1 fully saturated rings. The molecule has 0 aromatic heterocycles. The molecule has 1 saturated heterocycles. The Labute approximate surface area is 120 Å². The van der Waals surface area contributed by atoms with Gasteiger partial charge in [-0.25, -0.2) is 4.39 Å². The summed E-state index contributed by atoms with van der Waals surface area (Å²) in [6.45, 7) is 5.49. The van der Waals surface area contributed by atoms with Crippen molar-refractivity contribution in [3.05, 3.63) is 29.6 Å². The number of rotatable bonds is 0. The van der Waals surface area contributed by atoms with E-state index in [-0.39, 0.29) is 17.5 Å². The number of ether oxygens (including phenoxy) is 1. The van der Waals surface area contributed by atoms with Crippen LogP contribution in [-0.2, 0) is 6.42 Å². The standard InChI is InChI=1S/C13H16FNO.C3H8O/c14-11-1-2-12-10(9-11)3-4-13(16-12)5-7-15-8-6-13;1-3(2)4/h1-2,9,15H,3-8H2;3-4H,1-2H3. The van der Waals surface area contributed by atoms with Crippen molar-refractivity contribution in [2.24, 2.45) is 0 Å². The van der Waals surface area contributed by atoms with Crippen molar-refractivity contribution in [1.29, 1.82) is 0 Å². The third kappa shape index (κ3) is 3.93. The molecule has 0 radical (unpaired) electrons. The van der Waals surface area contributed by atoms with Crippen molar-refractivity contribution in [2.75, 3.05) is 13.1 Å². The number of halogens is 1. The lowest BCUT2D eigenvalue weighted by Gasteiger charge is -2.41. The van der Waals surface area contributed by atoms with Gasteiger partial charge in [-0.05, 0) is 76.4 Å². The van der Waals surface area contributed by atoms with Crippen molar-refractivity contribution in [1.82, 2.24) is 5.32 Å². The van der Waals surface area contributed by atoms with Crippen LogP contribution in [0.15, 0.2) is 18.2 Å². The summed E-state index contributed by atoms with van der Waals surface area (Å²) in [6, 6.07) is 4.86. The predicted molar refractivity (Wildman–Crippen MR) is 77.5 cm³/mol. The van der Waals surface area contributed by atoms with E-state index >= 15 is 0 Å². The summed E-state index contributed by atoms with van der Waals surface area (Å²) in [6.07, 6.45) is 3.91. The van der Waals surface area contributed by atoms with Crippen LogP contribution in [0.2, 0.25) is 0 Å². The molecule has 2 aliphatic rings. The molecule has 1 aromatic rings. The third-order valence-electron chi connectivity index (χ3n) is 3.71. The molecule has 2 heterocycles. The Kier molecular flexibility index (Phi) is 5.00. The zero-order valence-electron chi connectivity index (χ0n) is 12.3. The number of hydrogen-bond acceptors (Lipinski definition) is 3. The SMILES string of the molecule is CC(C)O.Fc1ccc2c(c1)CCC1(CCNCC1)O2. The molecule has 4 heteroatoms. The van der Waals surface area contributed by atoms with E-state index in [0.29, 0.717) is 0 Å². The van der Waals surface area contributed by atoms with Crippen LogP contribution in [0.25, 0.3) is 0 Å². The molecule has 0 aliphatic carbocycles. The number of aliphatic hydroxyl groups is 1. The first-order chi connectivity index (χ1) is 9.51. The van der Waals surface area contributed by atoms with Crippen LogP contribution in [0, 0.1) is 5.82 Å². The molecule has 20 heavy (non-hydrogen) atoms. The monoisotopic (exact) mass is 281 g/mol. The van der Waals surface area contributed by atoms with Gasteiger partial charge in [0.2, 0.25) is 0 Å². The van der Waals surface area contributed by atoms with Crippen LogP contribution in [0.4, 0.5) is 4.39 Å². The average molecular weight is 281 g/mol. The lowest BCUT2D eigenvalue weighted by Crippen LogP contribution is -2.48. The number of fused-ring (bicyclic) bond motifs is 1. The molecule has 1 spiro atoms. The second kappa shape index (κ2) is 6.55. The Bertz CT molecular complexity index is 439. The van der Waals surface area contributed by atoms with E-state index in [4.69, 9.17) is 9.84 Å². The maximum atomic E-state index is 13.1. The fourth-order valence-corrected chi connectivity index (χ4v) is 2.72. The van der Waals surface area contributed by atoms with Gasteiger partial charge in [-0.3, -0.25) is 0 Å². The summed E-state index contributed by atoms with van der Waals surface area (Å²) in [5.41, 5.74) is 1.03.